The van der Waals surface area contributed by atoms with Crippen molar-refractivity contribution in [3.8, 4) is 0 Å². The van der Waals surface area contributed by atoms with Gasteiger partial charge in [0, 0.05) is 17.0 Å². The smallest absolute Gasteiger partial charge is 0.407 e. The van der Waals surface area contributed by atoms with E-state index in [1.165, 1.54) is 11.3 Å². The normalized spacial score (nSPS) is 14.8. The van der Waals surface area contributed by atoms with Gasteiger partial charge in [0.1, 0.15) is 5.60 Å². The number of primary amides is 1. The summed E-state index contributed by atoms with van der Waals surface area (Å²) >= 11 is 1.47. The average Bonchev–Trinajstić information content (AvgIpc) is 3.33. The third kappa shape index (κ3) is 8.96. The summed E-state index contributed by atoms with van der Waals surface area (Å²) in [7, 11) is 0. The second kappa shape index (κ2) is 13.5. The molecule has 1 aromatic heterocycles. The minimum atomic E-state index is -0.873. The van der Waals surface area contributed by atoms with Crippen LogP contribution < -0.4 is 11.1 Å². The number of nitrogens with one attached hydrogen (secondary N) is 1. The lowest BCUT2D eigenvalue weighted by molar-refractivity contribution is -0.119. The van der Waals surface area contributed by atoms with Gasteiger partial charge < -0.3 is 20.9 Å². The van der Waals surface area contributed by atoms with E-state index < -0.39 is 23.8 Å². The molecule has 2 amide bonds. The summed E-state index contributed by atoms with van der Waals surface area (Å²) < 4.78 is 5.49. The van der Waals surface area contributed by atoms with Crippen LogP contribution in [0.5, 0.6) is 0 Å². The minimum absolute atomic E-state index is 0.129. The van der Waals surface area contributed by atoms with Crippen LogP contribution in [0.1, 0.15) is 73.4 Å². The number of carbonyl (C=O) groups excluding carboxylic acids is 2. The summed E-state index contributed by atoms with van der Waals surface area (Å²) in [5.74, 6) is -0.884. The zero-order valence-corrected chi connectivity index (χ0v) is 23.4. The molecule has 0 aliphatic rings. The zero-order valence-electron chi connectivity index (χ0n) is 22.6. The van der Waals surface area contributed by atoms with Gasteiger partial charge in [-0.2, -0.15) is 0 Å². The number of alkyl carbamates (subject to hydrolysis) is 1. The van der Waals surface area contributed by atoms with Crippen molar-refractivity contribution in [1.29, 1.82) is 0 Å². The highest BCUT2D eigenvalue weighted by Crippen LogP contribution is 2.34. The lowest BCUT2D eigenvalue weighted by atomic mass is 9.89. The molecule has 3 rings (SSSR count). The van der Waals surface area contributed by atoms with Crippen molar-refractivity contribution < 1.29 is 19.4 Å². The van der Waals surface area contributed by atoms with E-state index in [2.05, 4.69) is 10.3 Å². The van der Waals surface area contributed by atoms with E-state index in [1.807, 2.05) is 67.6 Å². The number of rotatable bonds is 12. The summed E-state index contributed by atoms with van der Waals surface area (Å²) in [4.78, 5) is 30.1. The molecule has 0 aliphatic carbocycles. The highest BCUT2D eigenvalue weighted by Gasteiger charge is 2.30. The number of thiazole rings is 1. The van der Waals surface area contributed by atoms with Crippen molar-refractivity contribution >= 4 is 23.3 Å². The van der Waals surface area contributed by atoms with Gasteiger partial charge in [-0.25, -0.2) is 9.78 Å². The second-order valence-corrected chi connectivity index (χ2v) is 11.7. The van der Waals surface area contributed by atoms with Crippen LogP contribution in [0.15, 0.2) is 66.9 Å². The number of ether oxygens (including phenoxy) is 1. The Morgan fingerprint density at radius 1 is 1.03 bits per heavy atom. The molecule has 38 heavy (non-hydrogen) atoms. The van der Waals surface area contributed by atoms with Crippen LogP contribution in [-0.4, -0.2) is 39.8 Å². The average molecular weight is 538 g/mol. The van der Waals surface area contributed by atoms with Crippen LogP contribution in [-0.2, 0) is 22.4 Å². The summed E-state index contributed by atoms with van der Waals surface area (Å²) in [6.45, 7) is 7.35. The summed E-state index contributed by atoms with van der Waals surface area (Å²) in [5.41, 5.74) is 7.07. The van der Waals surface area contributed by atoms with E-state index in [9.17, 15) is 14.7 Å². The molecular weight excluding hydrogens is 498 g/mol. The number of benzene rings is 2. The van der Waals surface area contributed by atoms with Crippen LogP contribution >= 0.6 is 11.3 Å². The molecular formula is C30H39N3O4S. The number of nitrogens with two attached hydrogens (primary N) is 1. The minimum Gasteiger partial charge on any atom is -0.444 e. The first-order valence-corrected chi connectivity index (χ1v) is 13.9. The second-order valence-electron chi connectivity index (χ2n) is 10.6. The number of aromatic nitrogens is 1. The lowest BCUT2D eigenvalue weighted by Crippen LogP contribution is -2.47. The Kier molecular flexibility index (Phi) is 10.4. The Morgan fingerprint density at radius 3 is 2.13 bits per heavy atom. The van der Waals surface area contributed by atoms with Crippen molar-refractivity contribution in [1.82, 2.24) is 10.3 Å². The number of amides is 2. The van der Waals surface area contributed by atoms with Crippen molar-refractivity contribution in [2.24, 2.45) is 5.73 Å². The van der Waals surface area contributed by atoms with E-state index in [1.54, 1.807) is 27.0 Å². The Hall–Kier alpha value is -3.23. The van der Waals surface area contributed by atoms with Crippen LogP contribution in [0.25, 0.3) is 0 Å². The van der Waals surface area contributed by atoms with Crippen LogP contribution in [0.2, 0.25) is 0 Å². The predicted molar refractivity (Wildman–Crippen MR) is 151 cm³/mol. The molecule has 0 aliphatic heterocycles. The fraction of sp³-hybridized carbons (Fsp3) is 0.433. The van der Waals surface area contributed by atoms with Gasteiger partial charge in [-0.15, -0.1) is 11.3 Å². The summed E-state index contributed by atoms with van der Waals surface area (Å²) in [5, 5.41) is 15.2. The van der Waals surface area contributed by atoms with Crippen LogP contribution in [0, 0.1) is 0 Å². The highest BCUT2D eigenvalue weighted by molar-refractivity contribution is 7.11. The number of aliphatic hydroxyl groups excluding tert-OH is 1. The number of hydrogen-bond acceptors (Lipinski definition) is 6. The molecule has 0 spiro atoms. The van der Waals surface area contributed by atoms with E-state index in [4.69, 9.17) is 10.5 Å². The first-order valence-electron chi connectivity index (χ1n) is 13.1. The molecule has 3 aromatic rings. The largest absolute Gasteiger partial charge is 0.444 e. The van der Waals surface area contributed by atoms with Crippen molar-refractivity contribution in [2.75, 3.05) is 0 Å². The number of hydrogen-bond donors (Lipinski definition) is 3. The number of aliphatic hydroxyl groups is 1. The maximum atomic E-state index is 12.7. The molecule has 2 unspecified atom stereocenters. The quantitative estimate of drug-likeness (QED) is 0.289. The van der Waals surface area contributed by atoms with Crippen molar-refractivity contribution in [2.45, 2.75) is 83.0 Å². The van der Waals surface area contributed by atoms with E-state index in [-0.39, 0.29) is 17.7 Å². The van der Waals surface area contributed by atoms with E-state index >= 15 is 0 Å². The molecule has 0 bridgehead atoms. The molecule has 204 valence electrons. The lowest BCUT2D eigenvalue weighted by Gasteiger charge is -2.29. The standard InChI is InChI=1S/C30H39N3O4S/c1-5-23(27(31)35)26-19-32-28(38-26)22(16-20-12-8-6-9-13-20)18-25(34)24(17-21-14-10-7-11-15-21)33-29(36)37-30(2,3)4/h6-15,19,22-25,34H,5,16-18H2,1-4H3,(H2,31,35)(H,33,36)/t22?,23?,24-,25-/m0/s1. The molecule has 2 aromatic carbocycles. The van der Waals surface area contributed by atoms with E-state index in [0.29, 0.717) is 25.7 Å². The molecule has 0 saturated heterocycles. The molecule has 0 fully saturated rings. The number of carbonyl (C=O) groups is 2. The maximum Gasteiger partial charge on any atom is 0.407 e. The number of nitrogens with zero attached hydrogens (tertiary/aromatic N) is 1. The maximum absolute atomic E-state index is 12.7. The third-order valence-electron chi connectivity index (χ3n) is 6.30. The first-order chi connectivity index (χ1) is 18.1. The van der Waals surface area contributed by atoms with Crippen molar-refractivity contribution in [3.05, 3.63) is 87.9 Å². The molecule has 4 N–H and O–H groups in total. The van der Waals surface area contributed by atoms with Gasteiger partial charge in [0.2, 0.25) is 5.91 Å². The molecule has 8 heteroatoms. The molecule has 4 atom stereocenters. The Bertz CT molecular complexity index is 1160. The first kappa shape index (κ1) is 29.3. The zero-order chi connectivity index (χ0) is 27.7. The van der Waals surface area contributed by atoms with E-state index in [0.717, 1.165) is 21.0 Å². The van der Waals surface area contributed by atoms with Gasteiger partial charge in [-0.05, 0) is 57.6 Å². The van der Waals surface area contributed by atoms with Gasteiger partial charge in [-0.1, -0.05) is 67.6 Å². The van der Waals surface area contributed by atoms with Crippen LogP contribution in [0.4, 0.5) is 4.79 Å². The van der Waals surface area contributed by atoms with Gasteiger partial charge in [0.25, 0.3) is 0 Å². The summed E-state index contributed by atoms with van der Waals surface area (Å²) in [6.07, 6.45) is 2.35. The fourth-order valence-electron chi connectivity index (χ4n) is 4.43. The molecule has 1 heterocycles. The Balaban J connectivity index is 1.87. The molecule has 7 nitrogen and oxygen atoms in total. The van der Waals surface area contributed by atoms with Gasteiger partial charge in [-0.3, -0.25) is 4.79 Å². The predicted octanol–water partition coefficient (Wildman–Crippen LogP) is 5.34. The van der Waals surface area contributed by atoms with Gasteiger partial charge >= 0.3 is 6.09 Å². The Labute approximate surface area is 229 Å². The molecule has 0 saturated carbocycles. The van der Waals surface area contributed by atoms with Crippen LogP contribution in [0.3, 0.4) is 0 Å². The third-order valence-corrected chi connectivity index (χ3v) is 7.58. The van der Waals surface area contributed by atoms with Gasteiger partial charge in [0.15, 0.2) is 0 Å². The monoisotopic (exact) mass is 537 g/mol. The van der Waals surface area contributed by atoms with Gasteiger partial charge in [0.05, 0.1) is 23.1 Å². The Morgan fingerprint density at radius 2 is 1.61 bits per heavy atom. The molecule has 0 radical (unpaired) electrons. The highest BCUT2D eigenvalue weighted by atomic mass is 32.1. The SMILES string of the molecule is CCC(C(N)=O)c1cnc(C(Cc2ccccc2)C[C@H](O)[C@H](Cc2ccccc2)NC(=O)OC(C)(C)C)s1. The van der Waals surface area contributed by atoms with Crippen molar-refractivity contribution in [3.63, 3.8) is 0 Å². The topological polar surface area (TPSA) is 115 Å². The summed E-state index contributed by atoms with van der Waals surface area (Å²) in [6, 6.07) is 19.2. The fourth-order valence-corrected chi connectivity index (χ4v) is 5.65.